The van der Waals surface area contributed by atoms with E-state index in [2.05, 4.69) is 36.4 Å². The van der Waals surface area contributed by atoms with Crippen LogP contribution < -0.4 is 0 Å². The van der Waals surface area contributed by atoms with E-state index >= 15 is 0 Å². The number of hydrogen-bond donors (Lipinski definition) is 0. The van der Waals surface area contributed by atoms with Gasteiger partial charge in [-0.3, -0.25) is 0 Å². The molecule has 0 aromatic carbocycles. The topological polar surface area (TPSA) is 9.23 Å². The Morgan fingerprint density at radius 1 is 1.06 bits per heavy atom. The van der Waals surface area contributed by atoms with Gasteiger partial charge in [-0.25, -0.2) is 0 Å². The summed E-state index contributed by atoms with van der Waals surface area (Å²) in [5.74, 6) is 1.75. The molecule has 17 heavy (non-hydrogen) atoms. The van der Waals surface area contributed by atoms with Crippen LogP contribution in [-0.2, 0) is 4.74 Å². The highest BCUT2D eigenvalue weighted by atomic mass is 127. The summed E-state index contributed by atoms with van der Waals surface area (Å²) in [5, 5.41) is 0. The number of alkyl halides is 1. The SMILES string of the molecule is CC1CCC(OC2(CI)CCCCC2)CC1C. The van der Waals surface area contributed by atoms with E-state index in [0.29, 0.717) is 6.10 Å². The Hall–Kier alpha value is 0.690. The minimum atomic E-state index is 0.240. The van der Waals surface area contributed by atoms with Crippen molar-refractivity contribution in [3.8, 4) is 0 Å². The van der Waals surface area contributed by atoms with Crippen molar-refractivity contribution in [1.82, 2.24) is 0 Å². The van der Waals surface area contributed by atoms with Gasteiger partial charge in [-0.05, 0) is 43.9 Å². The van der Waals surface area contributed by atoms with Gasteiger partial charge in [0.25, 0.3) is 0 Å². The third kappa shape index (κ3) is 3.59. The van der Waals surface area contributed by atoms with Gasteiger partial charge in [0.1, 0.15) is 0 Å². The Balaban J connectivity index is 1.90. The lowest BCUT2D eigenvalue weighted by atomic mass is 9.79. The monoisotopic (exact) mass is 350 g/mol. The van der Waals surface area contributed by atoms with Gasteiger partial charge in [-0.15, -0.1) is 0 Å². The molecule has 2 rings (SSSR count). The van der Waals surface area contributed by atoms with Crippen LogP contribution in [0.4, 0.5) is 0 Å². The minimum absolute atomic E-state index is 0.240. The van der Waals surface area contributed by atoms with E-state index in [9.17, 15) is 0 Å². The molecule has 0 bridgehead atoms. The van der Waals surface area contributed by atoms with Crippen LogP contribution in [0.3, 0.4) is 0 Å². The second-order valence-corrected chi connectivity index (χ2v) is 7.15. The van der Waals surface area contributed by atoms with E-state index in [1.54, 1.807) is 0 Å². The van der Waals surface area contributed by atoms with Crippen molar-refractivity contribution in [3.05, 3.63) is 0 Å². The molecule has 0 radical (unpaired) electrons. The Morgan fingerprint density at radius 3 is 2.35 bits per heavy atom. The fourth-order valence-electron chi connectivity index (χ4n) is 3.44. The molecule has 0 spiro atoms. The van der Waals surface area contributed by atoms with E-state index in [1.165, 1.54) is 55.8 Å². The zero-order chi connectivity index (χ0) is 12.3. The van der Waals surface area contributed by atoms with Crippen LogP contribution in [-0.4, -0.2) is 16.1 Å². The van der Waals surface area contributed by atoms with E-state index in [4.69, 9.17) is 4.74 Å². The van der Waals surface area contributed by atoms with Crippen molar-refractivity contribution in [2.24, 2.45) is 11.8 Å². The Labute approximate surface area is 120 Å². The minimum Gasteiger partial charge on any atom is -0.371 e. The molecule has 3 unspecified atom stereocenters. The van der Waals surface area contributed by atoms with Gasteiger partial charge in [0.2, 0.25) is 0 Å². The van der Waals surface area contributed by atoms with Gasteiger partial charge in [-0.1, -0.05) is 55.7 Å². The molecule has 2 saturated carbocycles. The number of halogens is 1. The standard InChI is InChI=1S/C15H27IO/c1-12-6-7-14(10-13(12)2)17-15(11-16)8-4-3-5-9-15/h12-14H,3-11H2,1-2H3. The zero-order valence-corrected chi connectivity index (χ0v) is 13.5. The van der Waals surface area contributed by atoms with Gasteiger partial charge >= 0.3 is 0 Å². The Morgan fingerprint density at radius 2 is 1.76 bits per heavy atom. The van der Waals surface area contributed by atoms with Crippen molar-refractivity contribution >= 4 is 22.6 Å². The average Bonchev–Trinajstić information content (AvgIpc) is 2.35. The quantitative estimate of drug-likeness (QED) is 0.516. The van der Waals surface area contributed by atoms with Crippen molar-refractivity contribution in [1.29, 1.82) is 0 Å². The molecule has 2 aliphatic rings. The molecule has 0 N–H and O–H groups in total. The first-order valence-corrected chi connectivity index (χ1v) is 8.91. The smallest absolute Gasteiger partial charge is 0.0775 e. The van der Waals surface area contributed by atoms with Gasteiger partial charge < -0.3 is 4.74 Å². The lowest BCUT2D eigenvalue weighted by Crippen LogP contribution is -2.42. The number of hydrogen-bond acceptors (Lipinski definition) is 1. The lowest BCUT2D eigenvalue weighted by molar-refractivity contribution is -0.117. The second kappa shape index (κ2) is 6.23. The van der Waals surface area contributed by atoms with Crippen LogP contribution in [0, 0.1) is 11.8 Å². The van der Waals surface area contributed by atoms with Gasteiger partial charge in [0.15, 0.2) is 0 Å². The zero-order valence-electron chi connectivity index (χ0n) is 11.4. The number of rotatable bonds is 3. The maximum absolute atomic E-state index is 6.58. The molecule has 2 heteroatoms. The highest BCUT2D eigenvalue weighted by Crippen LogP contribution is 2.39. The van der Waals surface area contributed by atoms with Gasteiger partial charge in [0, 0.05) is 4.43 Å². The fourth-order valence-corrected chi connectivity index (χ4v) is 4.38. The summed E-state index contributed by atoms with van der Waals surface area (Å²) in [6.45, 7) is 4.80. The maximum Gasteiger partial charge on any atom is 0.0775 e. The van der Waals surface area contributed by atoms with E-state index in [0.717, 1.165) is 11.8 Å². The van der Waals surface area contributed by atoms with Crippen LogP contribution in [0.15, 0.2) is 0 Å². The second-order valence-electron chi connectivity index (χ2n) is 6.38. The van der Waals surface area contributed by atoms with Crippen LogP contribution in [0.25, 0.3) is 0 Å². The summed E-state index contributed by atoms with van der Waals surface area (Å²) in [6, 6.07) is 0. The molecule has 0 aliphatic heterocycles. The molecule has 2 fully saturated rings. The summed E-state index contributed by atoms with van der Waals surface area (Å²) in [6.07, 6.45) is 11.3. The van der Waals surface area contributed by atoms with Crippen LogP contribution in [0.2, 0.25) is 0 Å². The fraction of sp³-hybridized carbons (Fsp3) is 1.00. The Kier molecular flexibility index (Phi) is 5.17. The van der Waals surface area contributed by atoms with E-state index in [-0.39, 0.29) is 5.60 Å². The lowest BCUT2D eigenvalue weighted by Gasteiger charge is -2.42. The Bertz CT molecular complexity index is 235. The highest BCUT2D eigenvalue weighted by Gasteiger charge is 2.36. The molecule has 100 valence electrons. The molecule has 0 saturated heterocycles. The van der Waals surface area contributed by atoms with Crippen molar-refractivity contribution in [2.75, 3.05) is 4.43 Å². The van der Waals surface area contributed by atoms with Crippen LogP contribution in [0.1, 0.15) is 65.2 Å². The molecular formula is C15H27IO. The van der Waals surface area contributed by atoms with Gasteiger partial charge in [0.05, 0.1) is 11.7 Å². The predicted molar refractivity (Wildman–Crippen MR) is 81.8 cm³/mol. The molecular weight excluding hydrogens is 323 g/mol. The van der Waals surface area contributed by atoms with E-state index < -0.39 is 0 Å². The van der Waals surface area contributed by atoms with Crippen LogP contribution in [0.5, 0.6) is 0 Å². The summed E-state index contributed by atoms with van der Waals surface area (Å²) in [5.41, 5.74) is 0.240. The average molecular weight is 350 g/mol. The molecule has 2 aliphatic carbocycles. The van der Waals surface area contributed by atoms with E-state index in [1.807, 2.05) is 0 Å². The molecule has 1 nitrogen and oxygen atoms in total. The summed E-state index contributed by atoms with van der Waals surface area (Å²) in [7, 11) is 0. The molecule has 0 amide bonds. The third-order valence-corrected chi connectivity index (χ3v) is 6.37. The van der Waals surface area contributed by atoms with Crippen molar-refractivity contribution in [2.45, 2.75) is 76.9 Å². The molecule has 0 heterocycles. The summed E-state index contributed by atoms with van der Waals surface area (Å²) < 4.78 is 7.77. The van der Waals surface area contributed by atoms with Crippen molar-refractivity contribution < 1.29 is 4.74 Å². The molecule has 0 aromatic heterocycles. The maximum atomic E-state index is 6.58. The van der Waals surface area contributed by atoms with Crippen LogP contribution >= 0.6 is 22.6 Å². The first kappa shape index (κ1) is 14.1. The third-order valence-electron chi connectivity index (χ3n) is 4.98. The highest BCUT2D eigenvalue weighted by molar-refractivity contribution is 14.1. The molecule has 0 aromatic rings. The predicted octanol–water partition coefficient (Wildman–Crippen LogP) is 4.97. The molecule has 3 atom stereocenters. The van der Waals surface area contributed by atoms with Gasteiger partial charge in [-0.2, -0.15) is 0 Å². The summed E-state index contributed by atoms with van der Waals surface area (Å²) >= 11 is 2.54. The first-order valence-electron chi connectivity index (χ1n) is 7.39. The van der Waals surface area contributed by atoms with Crippen molar-refractivity contribution in [3.63, 3.8) is 0 Å². The largest absolute Gasteiger partial charge is 0.371 e. The normalized spacial score (nSPS) is 37.9. The summed E-state index contributed by atoms with van der Waals surface area (Å²) in [4.78, 5) is 0. The first-order chi connectivity index (χ1) is 8.15. The number of ether oxygens (including phenoxy) is 1.